The second kappa shape index (κ2) is 6.23. The Bertz CT molecular complexity index is 533. The van der Waals surface area contributed by atoms with Crippen molar-refractivity contribution < 1.29 is 5.11 Å². The Morgan fingerprint density at radius 3 is 2.67 bits per heavy atom. The van der Waals surface area contributed by atoms with E-state index in [1.807, 2.05) is 42.5 Å². The second-order valence-corrected chi connectivity index (χ2v) is 5.25. The number of nitrogens with one attached hydrogen (secondary N) is 1. The molecule has 2 aromatic carbocycles. The van der Waals surface area contributed by atoms with Gasteiger partial charge in [0, 0.05) is 27.3 Å². The molecule has 0 radical (unpaired) electrons. The van der Waals surface area contributed by atoms with Crippen molar-refractivity contribution in [1.29, 1.82) is 0 Å². The van der Waals surface area contributed by atoms with Gasteiger partial charge in [0.15, 0.2) is 0 Å². The van der Waals surface area contributed by atoms with Crippen LogP contribution < -0.4 is 5.32 Å². The van der Waals surface area contributed by atoms with Gasteiger partial charge in [-0.25, -0.2) is 0 Å². The van der Waals surface area contributed by atoms with Crippen LogP contribution in [0.2, 0.25) is 5.02 Å². The summed E-state index contributed by atoms with van der Waals surface area (Å²) in [5.74, 6) is 0. The van der Waals surface area contributed by atoms with Crippen LogP contribution in [-0.4, -0.2) is 11.7 Å². The lowest BCUT2D eigenvalue weighted by Crippen LogP contribution is -2.12. The fraction of sp³-hybridized carbons (Fsp3) is 0.143. The summed E-state index contributed by atoms with van der Waals surface area (Å²) in [5.41, 5.74) is 1.69. The number of rotatable bonds is 4. The predicted octanol–water partition coefficient (Wildman–Crippen LogP) is 4.25. The largest absolute Gasteiger partial charge is 0.387 e. The third-order valence-electron chi connectivity index (χ3n) is 2.59. The van der Waals surface area contributed by atoms with Crippen molar-refractivity contribution in [1.82, 2.24) is 0 Å². The number of halogens is 2. The van der Waals surface area contributed by atoms with Crippen molar-refractivity contribution in [3.05, 3.63) is 63.6 Å². The van der Waals surface area contributed by atoms with Crippen LogP contribution in [0, 0.1) is 0 Å². The highest BCUT2D eigenvalue weighted by Gasteiger charge is 2.10. The van der Waals surface area contributed by atoms with Crippen molar-refractivity contribution in [3.63, 3.8) is 0 Å². The molecular formula is C14H13BrClNO. The molecule has 0 saturated heterocycles. The normalized spacial score (nSPS) is 12.2. The molecule has 1 unspecified atom stereocenters. The van der Waals surface area contributed by atoms with Gasteiger partial charge in [0.25, 0.3) is 0 Å². The lowest BCUT2D eigenvalue weighted by molar-refractivity contribution is 0.192. The molecule has 0 aliphatic heterocycles. The molecule has 1 atom stereocenters. The van der Waals surface area contributed by atoms with Crippen LogP contribution in [0.1, 0.15) is 11.7 Å². The van der Waals surface area contributed by atoms with E-state index in [1.165, 1.54) is 0 Å². The van der Waals surface area contributed by atoms with Gasteiger partial charge >= 0.3 is 0 Å². The van der Waals surface area contributed by atoms with Crippen molar-refractivity contribution in [3.8, 4) is 0 Å². The van der Waals surface area contributed by atoms with Crippen LogP contribution in [0.4, 0.5) is 5.69 Å². The summed E-state index contributed by atoms with van der Waals surface area (Å²) in [7, 11) is 0. The molecule has 0 aromatic heterocycles. The Morgan fingerprint density at radius 1 is 1.17 bits per heavy atom. The molecule has 0 aliphatic rings. The van der Waals surface area contributed by atoms with Crippen molar-refractivity contribution in [2.75, 3.05) is 11.9 Å². The van der Waals surface area contributed by atoms with Gasteiger partial charge < -0.3 is 10.4 Å². The minimum absolute atomic E-state index is 0.417. The molecule has 4 heteroatoms. The Hall–Kier alpha value is -1.03. The van der Waals surface area contributed by atoms with E-state index in [1.54, 1.807) is 6.07 Å². The zero-order chi connectivity index (χ0) is 13.0. The molecule has 2 N–H and O–H groups in total. The topological polar surface area (TPSA) is 32.3 Å². The first-order valence-electron chi connectivity index (χ1n) is 5.59. The zero-order valence-electron chi connectivity index (χ0n) is 9.61. The summed E-state index contributed by atoms with van der Waals surface area (Å²) in [6.45, 7) is 0.417. The molecule has 0 saturated carbocycles. The predicted molar refractivity (Wildman–Crippen MR) is 79.0 cm³/mol. The minimum Gasteiger partial charge on any atom is -0.387 e. The molecule has 0 bridgehead atoms. The first kappa shape index (κ1) is 13.4. The van der Waals surface area contributed by atoms with E-state index in [-0.39, 0.29) is 0 Å². The maximum Gasteiger partial charge on any atom is 0.0976 e. The number of aliphatic hydroxyl groups excluding tert-OH is 1. The number of anilines is 1. The molecule has 18 heavy (non-hydrogen) atoms. The average molecular weight is 327 g/mol. The van der Waals surface area contributed by atoms with Crippen molar-refractivity contribution >= 4 is 33.2 Å². The molecule has 2 rings (SSSR count). The third kappa shape index (κ3) is 3.48. The summed E-state index contributed by atoms with van der Waals surface area (Å²) >= 11 is 9.43. The van der Waals surface area contributed by atoms with E-state index < -0.39 is 6.10 Å². The Labute approximate surface area is 120 Å². The van der Waals surface area contributed by atoms with E-state index >= 15 is 0 Å². The maximum atomic E-state index is 10.1. The molecule has 0 aliphatic carbocycles. The average Bonchev–Trinajstić information content (AvgIpc) is 2.37. The molecule has 94 valence electrons. The van der Waals surface area contributed by atoms with E-state index in [2.05, 4.69) is 21.2 Å². The van der Waals surface area contributed by atoms with E-state index in [4.69, 9.17) is 11.6 Å². The first-order chi connectivity index (χ1) is 8.66. The van der Waals surface area contributed by atoms with Crippen molar-refractivity contribution in [2.45, 2.75) is 6.10 Å². The van der Waals surface area contributed by atoms with Gasteiger partial charge in [-0.3, -0.25) is 0 Å². The summed E-state index contributed by atoms with van der Waals surface area (Å²) < 4.78 is 1.000. The van der Waals surface area contributed by atoms with Crippen LogP contribution in [0.3, 0.4) is 0 Å². The van der Waals surface area contributed by atoms with Crippen LogP contribution in [0.25, 0.3) is 0 Å². The summed E-state index contributed by atoms with van der Waals surface area (Å²) in [4.78, 5) is 0. The van der Waals surface area contributed by atoms with Crippen molar-refractivity contribution in [2.24, 2.45) is 0 Å². The van der Waals surface area contributed by atoms with Crippen LogP contribution in [-0.2, 0) is 0 Å². The van der Waals surface area contributed by atoms with Crippen LogP contribution in [0.15, 0.2) is 53.0 Å². The highest BCUT2D eigenvalue weighted by Crippen LogP contribution is 2.23. The van der Waals surface area contributed by atoms with E-state index in [9.17, 15) is 5.11 Å². The third-order valence-corrected chi connectivity index (χ3v) is 3.43. The molecular weight excluding hydrogens is 314 g/mol. The summed E-state index contributed by atoms with van der Waals surface area (Å²) in [6, 6.07) is 15.1. The monoisotopic (exact) mass is 325 g/mol. The van der Waals surface area contributed by atoms with Gasteiger partial charge in [-0.15, -0.1) is 0 Å². The van der Waals surface area contributed by atoms with Gasteiger partial charge in [0.05, 0.1) is 6.10 Å². The van der Waals surface area contributed by atoms with Gasteiger partial charge in [-0.2, -0.15) is 0 Å². The van der Waals surface area contributed by atoms with Gasteiger partial charge in [-0.1, -0.05) is 51.8 Å². The Morgan fingerprint density at radius 2 is 1.94 bits per heavy atom. The molecule has 0 fully saturated rings. The highest BCUT2D eigenvalue weighted by atomic mass is 79.9. The Kier molecular flexibility index (Phi) is 4.64. The second-order valence-electron chi connectivity index (χ2n) is 3.93. The molecule has 0 heterocycles. The lowest BCUT2D eigenvalue weighted by atomic mass is 10.1. The number of hydrogen-bond acceptors (Lipinski definition) is 2. The van der Waals surface area contributed by atoms with E-state index in [0.29, 0.717) is 11.6 Å². The van der Waals surface area contributed by atoms with Gasteiger partial charge in [0.2, 0.25) is 0 Å². The summed E-state index contributed by atoms with van der Waals surface area (Å²) in [6.07, 6.45) is -0.627. The fourth-order valence-corrected chi connectivity index (χ4v) is 2.33. The standard InChI is InChI=1S/C14H13BrClNO/c15-10-4-3-5-11(8-10)17-9-14(18)12-6-1-2-7-13(12)16/h1-8,14,17-18H,9H2. The fourth-order valence-electron chi connectivity index (χ4n) is 1.67. The summed E-state index contributed by atoms with van der Waals surface area (Å²) in [5, 5.41) is 13.8. The van der Waals surface area contributed by atoms with Crippen LogP contribution >= 0.6 is 27.5 Å². The molecule has 2 aromatic rings. The molecule has 0 spiro atoms. The highest BCUT2D eigenvalue weighted by molar-refractivity contribution is 9.10. The zero-order valence-corrected chi connectivity index (χ0v) is 11.9. The molecule has 2 nitrogen and oxygen atoms in total. The maximum absolute atomic E-state index is 10.1. The smallest absolute Gasteiger partial charge is 0.0976 e. The Balaban J connectivity index is 2.00. The SMILES string of the molecule is OC(CNc1cccc(Br)c1)c1ccccc1Cl. The van der Waals surface area contributed by atoms with Gasteiger partial charge in [-0.05, 0) is 24.3 Å². The lowest BCUT2D eigenvalue weighted by Gasteiger charge is -2.14. The number of benzene rings is 2. The number of aliphatic hydroxyl groups is 1. The van der Waals surface area contributed by atoms with Crippen LogP contribution in [0.5, 0.6) is 0 Å². The number of hydrogen-bond donors (Lipinski definition) is 2. The minimum atomic E-state index is -0.627. The van der Waals surface area contributed by atoms with E-state index in [0.717, 1.165) is 15.7 Å². The molecule has 0 amide bonds. The first-order valence-corrected chi connectivity index (χ1v) is 6.76. The van der Waals surface area contributed by atoms with Gasteiger partial charge in [0.1, 0.15) is 0 Å². The quantitative estimate of drug-likeness (QED) is 0.880.